The van der Waals surface area contributed by atoms with E-state index in [0.717, 1.165) is 0 Å². The van der Waals surface area contributed by atoms with Gasteiger partial charge in [-0.3, -0.25) is 0 Å². The predicted molar refractivity (Wildman–Crippen MR) is 82.1 cm³/mol. The number of hydrogen-bond acceptors (Lipinski definition) is 0. The van der Waals surface area contributed by atoms with Crippen LogP contribution in [0.2, 0.25) is 43.3 Å². The molecule has 111 valence electrons. The van der Waals surface area contributed by atoms with Gasteiger partial charge in [0.15, 0.2) is 0 Å². The first-order chi connectivity index (χ1) is 9.52. The van der Waals surface area contributed by atoms with Crippen molar-refractivity contribution in [3.05, 3.63) is 0 Å². The van der Waals surface area contributed by atoms with Crippen LogP contribution in [0.3, 0.4) is 0 Å². The van der Waals surface area contributed by atoms with E-state index in [1.807, 2.05) is 6.16 Å². The van der Waals surface area contributed by atoms with E-state index in [-0.39, 0.29) is 0 Å². The summed E-state index contributed by atoms with van der Waals surface area (Å²) in [7, 11) is -0.516. The van der Waals surface area contributed by atoms with Crippen LogP contribution < -0.4 is 0 Å². The molecule has 0 nitrogen and oxygen atoms in total. The fourth-order valence-electron chi connectivity index (χ4n) is 20.0. The van der Waals surface area contributed by atoms with Gasteiger partial charge < -0.3 is 0 Å². The second-order valence-electron chi connectivity index (χ2n) is 12.9. The third-order valence-corrected chi connectivity index (χ3v) is 71.5. The van der Waals surface area contributed by atoms with Crippen LogP contribution in [0, 0.1) is 0 Å². The Bertz CT molecular complexity index is 976. The van der Waals surface area contributed by atoms with Gasteiger partial charge in [0.1, 0.15) is 0 Å². The van der Waals surface area contributed by atoms with Gasteiger partial charge in [0.2, 0.25) is 0 Å². The predicted octanol–water partition coefficient (Wildman–Crippen LogP) is 5.89. The summed E-state index contributed by atoms with van der Waals surface area (Å²) in [5.74, 6) is 0. The molecule has 0 aromatic carbocycles. The van der Waals surface area contributed by atoms with Crippen LogP contribution in [0.15, 0.2) is 0 Å². The molecule has 11 heterocycles. The molecule has 11 aliphatic rings. The molecule has 0 aliphatic carbocycles. The van der Waals surface area contributed by atoms with Gasteiger partial charge in [-0.15, -0.1) is 0 Å². The fraction of sp³-hybridized carbons (Fsp3) is 1.00. The van der Waals surface area contributed by atoms with Gasteiger partial charge in [-0.05, 0) is 0 Å². The van der Waals surface area contributed by atoms with Gasteiger partial charge in [0, 0.05) is 0 Å². The maximum absolute atomic E-state index is 2.79. The molecule has 11 aliphatic heterocycles. The van der Waals surface area contributed by atoms with Crippen molar-refractivity contribution in [2.45, 2.75) is 86.2 Å². The van der Waals surface area contributed by atoms with E-state index in [4.69, 9.17) is 0 Å². The van der Waals surface area contributed by atoms with Crippen molar-refractivity contribution in [2.24, 2.45) is 0 Å². The molecule has 0 amide bonds. The summed E-state index contributed by atoms with van der Waals surface area (Å²) in [6.45, 7) is 2.47. The second-order valence-corrected chi connectivity index (χ2v) is 41.5. The minimum absolute atomic E-state index is 0.516. The molecule has 0 bridgehead atoms. The molecule has 0 aromatic rings. The van der Waals surface area contributed by atoms with Crippen molar-refractivity contribution in [1.82, 2.24) is 0 Å². The summed E-state index contributed by atoms with van der Waals surface area (Å²) in [6, 6.07) is 0. The van der Waals surface area contributed by atoms with E-state index in [2.05, 4.69) is 13.8 Å². The third-order valence-electron chi connectivity index (χ3n) is 18.1. The Morgan fingerprint density at radius 2 is 1.55 bits per heavy atom. The van der Waals surface area contributed by atoms with Crippen molar-refractivity contribution in [3.8, 4) is 0 Å². The SMILES string of the molecule is CCC1CCC[P]1(CC)[C]12[CH]3[CH]4[CH]5[CH]1[Fe]45321678[CH]2[CH]1[CH]6[CH]7[CH]28. The molecular formula is C18H26FeP. The molecule has 11 fully saturated rings. The van der Waals surface area contributed by atoms with Crippen molar-refractivity contribution < 1.29 is 6.51 Å². The van der Waals surface area contributed by atoms with Crippen molar-refractivity contribution >= 4 is 7.26 Å². The van der Waals surface area contributed by atoms with E-state index in [9.17, 15) is 0 Å². The van der Waals surface area contributed by atoms with Gasteiger partial charge in [0.05, 0.1) is 0 Å². The molecule has 20 heavy (non-hydrogen) atoms. The van der Waals surface area contributed by atoms with E-state index in [0.29, 0.717) is 0 Å². The Morgan fingerprint density at radius 1 is 0.950 bits per heavy atom. The Kier molecular flexibility index (Phi) is 0.361. The first kappa shape index (κ1) is 8.70. The zero-order valence-electron chi connectivity index (χ0n) is 12.6. The molecule has 1 spiro atoms. The molecule has 2 heteroatoms. The molecule has 0 aromatic heterocycles. The van der Waals surface area contributed by atoms with E-state index >= 15 is 0 Å². The van der Waals surface area contributed by atoms with E-state index in [1.165, 1.54) is 9.71 Å². The van der Waals surface area contributed by atoms with Gasteiger partial charge in [-0.1, -0.05) is 0 Å². The summed E-state index contributed by atoms with van der Waals surface area (Å²) >= 11 is 0. The van der Waals surface area contributed by atoms with Crippen molar-refractivity contribution in [1.29, 1.82) is 0 Å². The molecule has 11 saturated heterocycles. The van der Waals surface area contributed by atoms with Crippen LogP contribution >= 0.6 is 7.26 Å². The van der Waals surface area contributed by atoms with Crippen LogP contribution in [0.5, 0.6) is 0 Å². The Balaban J connectivity index is 1.44. The van der Waals surface area contributed by atoms with Crippen LogP contribution in [0.4, 0.5) is 0 Å². The average molecular weight is 329 g/mol. The van der Waals surface area contributed by atoms with Gasteiger partial charge in [-0.2, -0.15) is 0 Å². The zero-order chi connectivity index (χ0) is 12.6. The summed E-state index contributed by atoms with van der Waals surface area (Å²) in [5.41, 5.74) is 1.28. The third kappa shape index (κ3) is 0.105. The van der Waals surface area contributed by atoms with Gasteiger partial charge >= 0.3 is 112 Å². The summed E-state index contributed by atoms with van der Waals surface area (Å²) in [5, 5.41) is 0. The molecule has 1 radical (unpaired) electrons. The van der Waals surface area contributed by atoms with E-state index in [1.54, 1.807) is 68.8 Å². The van der Waals surface area contributed by atoms with Crippen LogP contribution in [-0.4, -0.2) is 22.0 Å². The second kappa shape index (κ2) is 0.829. The van der Waals surface area contributed by atoms with Gasteiger partial charge in [0.25, 0.3) is 0 Å². The minimum atomic E-state index is -2.79. The summed E-state index contributed by atoms with van der Waals surface area (Å²) in [4.78, 5) is 14.2. The average Bonchev–Trinajstić information content (AvgIpc) is 3.40. The topological polar surface area (TPSA) is 0 Å². The van der Waals surface area contributed by atoms with Crippen LogP contribution in [-0.2, 0) is 6.51 Å². The zero-order valence-corrected chi connectivity index (χ0v) is 14.6. The fourth-order valence-corrected chi connectivity index (χ4v) is 118. The van der Waals surface area contributed by atoms with Crippen LogP contribution in [0.1, 0.15) is 33.1 Å². The Labute approximate surface area is 112 Å². The molecular weight excluding hydrogens is 303 g/mol. The Hall–Kier alpha value is 0.949. The number of hydrogen-bond donors (Lipinski definition) is 0. The molecule has 6 atom stereocenters. The number of rotatable bonds is 3. The molecule has 0 N–H and O–H groups in total. The summed E-state index contributed by atoms with van der Waals surface area (Å²) < 4.78 is 1.30. The molecule has 11 rings (SSSR count). The molecule has 0 saturated carbocycles. The van der Waals surface area contributed by atoms with Crippen molar-refractivity contribution in [2.75, 3.05) is 12.3 Å². The maximum atomic E-state index is 2.69. The summed E-state index contributed by atoms with van der Waals surface area (Å²) in [6.07, 6.45) is 8.45. The van der Waals surface area contributed by atoms with Crippen molar-refractivity contribution in [3.63, 3.8) is 0 Å². The van der Waals surface area contributed by atoms with Crippen LogP contribution in [0.25, 0.3) is 0 Å². The van der Waals surface area contributed by atoms with E-state index < -0.39 is 13.8 Å². The monoisotopic (exact) mass is 329 g/mol. The first-order valence-corrected chi connectivity index (χ1v) is 18.1. The standard InChI is InChI=1S/C13H21P.C5H5.Fe/c1-3-12-10-7-11-14(12,4-2)13-8-5-6-9-13;1-2-4-5-3-1;/h5-6,8-9,12H,3-4,7,10-11H2,1-2H3;1-5H;. The Morgan fingerprint density at radius 3 is 1.90 bits per heavy atom. The molecule has 6 unspecified atom stereocenters. The normalized spacial score (nSPS) is 118. The first-order valence-electron chi connectivity index (χ1n) is 9.60. The number of fused-ring (bicyclic) bond motifs is 10. The van der Waals surface area contributed by atoms with Gasteiger partial charge in [-0.25, -0.2) is 0 Å². The quantitative estimate of drug-likeness (QED) is 0.447.